The van der Waals surface area contributed by atoms with Gasteiger partial charge in [-0.25, -0.2) is 0 Å². The Morgan fingerprint density at radius 3 is 2.50 bits per heavy atom. The van der Waals surface area contributed by atoms with Gasteiger partial charge in [0.2, 0.25) is 0 Å². The number of halogens is 3. The molecule has 0 spiro atoms. The highest BCUT2D eigenvalue weighted by atomic mass is 19.4. The molecule has 1 atom stereocenters. The van der Waals surface area contributed by atoms with Crippen LogP contribution in [0.5, 0.6) is 0 Å². The number of hydrogen-bond donors (Lipinski definition) is 2. The first kappa shape index (κ1) is 13.0. The monoisotopic (exact) mass is 214 g/mol. The average Bonchev–Trinajstić information content (AvgIpc) is 2.09. The van der Waals surface area contributed by atoms with E-state index in [1.54, 1.807) is 6.92 Å². The molecule has 0 amide bonds. The summed E-state index contributed by atoms with van der Waals surface area (Å²) in [5.41, 5.74) is 5.17. The van der Waals surface area contributed by atoms with Gasteiger partial charge in [-0.15, -0.1) is 0 Å². The molecule has 0 fully saturated rings. The van der Waals surface area contributed by atoms with Gasteiger partial charge in [-0.2, -0.15) is 13.2 Å². The zero-order chi connectivity index (χ0) is 11.2. The van der Waals surface area contributed by atoms with Crippen molar-refractivity contribution >= 4 is 5.84 Å². The van der Waals surface area contributed by atoms with Crippen molar-refractivity contribution in [2.75, 3.05) is 6.61 Å². The Morgan fingerprint density at radius 1 is 1.57 bits per heavy atom. The molecule has 3 N–H and O–H groups in total. The van der Waals surface area contributed by atoms with Gasteiger partial charge in [0, 0.05) is 0 Å². The first-order chi connectivity index (χ1) is 6.40. The summed E-state index contributed by atoms with van der Waals surface area (Å²) < 4.78 is 39.9. The molecular weight excluding hydrogens is 201 g/mol. The van der Waals surface area contributed by atoms with Crippen molar-refractivity contribution in [3.05, 3.63) is 0 Å². The molecule has 0 rings (SSSR count). The predicted octanol–water partition coefficient (Wildman–Crippen LogP) is 1.48. The summed E-state index contributed by atoms with van der Waals surface area (Å²) in [6.45, 7) is 1.18. The van der Waals surface area contributed by atoms with E-state index in [2.05, 4.69) is 5.16 Å². The van der Waals surface area contributed by atoms with Crippen LogP contribution in [0.25, 0.3) is 0 Å². The van der Waals surface area contributed by atoms with E-state index in [0.717, 1.165) is 0 Å². The minimum absolute atomic E-state index is 0.213. The van der Waals surface area contributed by atoms with Gasteiger partial charge in [-0.1, -0.05) is 12.1 Å². The predicted molar refractivity (Wildman–Crippen MR) is 44.1 cm³/mol. The average molecular weight is 214 g/mol. The fourth-order valence-electron chi connectivity index (χ4n) is 0.794. The zero-order valence-electron chi connectivity index (χ0n) is 7.71. The summed E-state index contributed by atoms with van der Waals surface area (Å²) in [5.74, 6) is -0.213. The first-order valence-corrected chi connectivity index (χ1v) is 4.06. The lowest BCUT2D eigenvalue weighted by Gasteiger charge is -2.14. The second-order valence-corrected chi connectivity index (χ2v) is 2.66. The molecule has 0 aromatic rings. The van der Waals surface area contributed by atoms with E-state index in [1.165, 1.54) is 0 Å². The summed E-state index contributed by atoms with van der Waals surface area (Å²) in [5, 5.41) is 10.9. The van der Waals surface area contributed by atoms with E-state index < -0.39 is 25.3 Å². The third-order valence-corrected chi connectivity index (χ3v) is 1.52. The van der Waals surface area contributed by atoms with Crippen LogP contribution >= 0.6 is 0 Å². The third-order valence-electron chi connectivity index (χ3n) is 1.52. The van der Waals surface area contributed by atoms with Gasteiger partial charge in [0.05, 0.1) is 13.0 Å². The second-order valence-electron chi connectivity index (χ2n) is 2.66. The highest BCUT2D eigenvalue weighted by molar-refractivity contribution is 5.84. The number of oxime groups is 1. The van der Waals surface area contributed by atoms with Gasteiger partial charge in [-0.05, 0) is 6.42 Å². The minimum atomic E-state index is -4.25. The van der Waals surface area contributed by atoms with Gasteiger partial charge in [0.25, 0.3) is 0 Å². The third kappa shape index (κ3) is 5.63. The number of amidine groups is 1. The number of hydrogen-bond acceptors (Lipinski definition) is 3. The summed E-state index contributed by atoms with van der Waals surface area (Å²) in [6.07, 6.45) is -5.69. The van der Waals surface area contributed by atoms with Crippen molar-refractivity contribution < 1.29 is 23.1 Å². The molecular formula is C7H13F3N2O2. The van der Waals surface area contributed by atoms with Crippen LogP contribution in [0.15, 0.2) is 5.16 Å². The molecule has 0 heterocycles. The Kier molecular flexibility index (Phi) is 5.29. The number of ether oxygens (including phenoxy) is 1. The number of nitrogens with two attached hydrogens (primary N) is 1. The zero-order valence-corrected chi connectivity index (χ0v) is 7.71. The van der Waals surface area contributed by atoms with Crippen LogP contribution in [0.2, 0.25) is 0 Å². The molecule has 0 aliphatic heterocycles. The summed E-state index contributed by atoms with van der Waals surface area (Å²) >= 11 is 0. The maximum absolute atomic E-state index is 11.7. The van der Waals surface area contributed by atoms with Crippen molar-refractivity contribution in [3.8, 4) is 0 Å². The Balaban J connectivity index is 3.86. The lowest BCUT2D eigenvalue weighted by Crippen LogP contribution is -2.32. The van der Waals surface area contributed by atoms with Crippen molar-refractivity contribution in [1.82, 2.24) is 0 Å². The van der Waals surface area contributed by atoms with Crippen LogP contribution in [0, 0.1) is 0 Å². The molecule has 4 nitrogen and oxygen atoms in total. The molecule has 1 unspecified atom stereocenters. The van der Waals surface area contributed by atoms with Crippen molar-refractivity contribution in [1.29, 1.82) is 0 Å². The van der Waals surface area contributed by atoms with Crippen LogP contribution in [0.4, 0.5) is 13.2 Å². The molecule has 0 radical (unpaired) electrons. The molecule has 0 bridgehead atoms. The molecule has 0 saturated heterocycles. The van der Waals surface area contributed by atoms with Crippen LogP contribution in [0.1, 0.15) is 19.8 Å². The molecule has 0 aromatic heterocycles. The van der Waals surface area contributed by atoms with E-state index in [-0.39, 0.29) is 5.84 Å². The molecule has 0 saturated carbocycles. The van der Waals surface area contributed by atoms with E-state index in [0.29, 0.717) is 6.42 Å². The minimum Gasteiger partial charge on any atom is -0.409 e. The summed E-state index contributed by atoms with van der Waals surface area (Å²) in [7, 11) is 0. The maximum Gasteiger partial charge on any atom is 0.391 e. The number of rotatable bonds is 5. The van der Waals surface area contributed by atoms with Crippen molar-refractivity contribution in [2.24, 2.45) is 10.9 Å². The Labute approximate surface area is 79.5 Å². The van der Waals surface area contributed by atoms with Gasteiger partial charge >= 0.3 is 6.18 Å². The van der Waals surface area contributed by atoms with Gasteiger partial charge in [-0.3, -0.25) is 0 Å². The fraction of sp³-hybridized carbons (Fsp3) is 0.857. The Hall–Kier alpha value is -0.980. The smallest absolute Gasteiger partial charge is 0.391 e. The largest absolute Gasteiger partial charge is 0.409 e. The van der Waals surface area contributed by atoms with Crippen LogP contribution in [-0.2, 0) is 4.74 Å². The van der Waals surface area contributed by atoms with Crippen LogP contribution in [-0.4, -0.2) is 29.9 Å². The lowest BCUT2D eigenvalue weighted by atomic mass is 10.2. The Bertz CT molecular complexity index is 194. The van der Waals surface area contributed by atoms with Gasteiger partial charge in [0.1, 0.15) is 6.10 Å². The molecule has 84 valence electrons. The lowest BCUT2D eigenvalue weighted by molar-refractivity contribution is -0.146. The molecule has 7 heteroatoms. The number of alkyl halides is 3. The van der Waals surface area contributed by atoms with E-state index in [4.69, 9.17) is 15.7 Å². The highest BCUT2D eigenvalue weighted by Gasteiger charge is 2.27. The van der Waals surface area contributed by atoms with Crippen molar-refractivity contribution in [3.63, 3.8) is 0 Å². The van der Waals surface area contributed by atoms with Crippen LogP contribution < -0.4 is 5.73 Å². The maximum atomic E-state index is 11.7. The Morgan fingerprint density at radius 2 is 2.14 bits per heavy atom. The summed E-state index contributed by atoms with van der Waals surface area (Å²) in [6, 6.07) is 0. The van der Waals surface area contributed by atoms with E-state index in [9.17, 15) is 13.2 Å². The fourth-order valence-corrected chi connectivity index (χ4v) is 0.794. The summed E-state index contributed by atoms with van der Waals surface area (Å²) in [4.78, 5) is 0. The molecule has 0 aromatic carbocycles. The van der Waals surface area contributed by atoms with Crippen molar-refractivity contribution in [2.45, 2.75) is 32.0 Å². The van der Waals surface area contributed by atoms with Gasteiger partial charge in [0.15, 0.2) is 5.84 Å². The normalized spacial score (nSPS) is 15.6. The quantitative estimate of drug-likeness (QED) is 0.315. The van der Waals surface area contributed by atoms with Gasteiger partial charge < -0.3 is 15.7 Å². The molecule has 14 heavy (non-hydrogen) atoms. The molecule has 0 aliphatic carbocycles. The first-order valence-electron chi connectivity index (χ1n) is 4.06. The topological polar surface area (TPSA) is 67.8 Å². The second kappa shape index (κ2) is 5.69. The van der Waals surface area contributed by atoms with E-state index in [1.807, 2.05) is 0 Å². The van der Waals surface area contributed by atoms with E-state index >= 15 is 0 Å². The highest BCUT2D eigenvalue weighted by Crippen LogP contribution is 2.19. The number of nitrogens with zero attached hydrogens (tertiary/aromatic N) is 1. The standard InChI is InChI=1S/C7H13F3N2O2/c1-2-5(6(11)12-13)14-4-3-7(8,9)10/h5,13H,2-4H2,1H3,(H2,11,12). The SMILES string of the molecule is CCC(OCCC(F)(F)F)C(N)=NO. The molecule has 0 aliphatic rings. The van der Waals surface area contributed by atoms with Crippen LogP contribution in [0.3, 0.4) is 0 Å².